The Balaban J connectivity index is 2.15. The van der Waals surface area contributed by atoms with Gasteiger partial charge in [-0.1, -0.05) is 36.4 Å². The molecule has 0 saturated heterocycles. The molecule has 2 nitrogen and oxygen atoms in total. The number of hydrogen-bond acceptors (Lipinski definition) is 1. The molecule has 0 fully saturated rings. The molecule has 1 aromatic carbocycles. The van der Waals surface area contributed by atoms with E-state index in [2.05, 4.69) is 29.5 Å². The zero-order chi connectivity index (χ0) is 14.8. The van der Waals surface area contributed by atoms with Gasteiger partial charge in [0.05, 0.1) is 6.04 Å². The summed E-state index contributed by atoms with van der Waals surface area (Å²) >= 11 is 0. The van der Waals surface area contributed by atoms with E-state index >= 15 is 0 Å². The van der Waals surface area contributed by atoms with Gasteiger partial charge in [0.1, 0.15) is 0 Å². The monoisotopic (exact) mass is 275 g/mol. The zero-order valence-corrected chi connectivity index (χ0v) is 12.0. The first kappa shape index (κ1) is 13.4. The van der Waals surface area contributed by atoms with Crippen molar-refractivity contribution in [2.75, 3.05) is 0 Å². The second-order valence-corrected chi connectivity index (χ2v) is 5.23. The smallest absolute Gasteiger partial charge is 0.179 e. The van der Waals surface area contributed by atoms with Crippen LogP contribution in [0.5, 0.6) is 0 Å². The molecule has 2 aliphatic rings. The summed E-state index contributed by atoms with van der Waals surface area (Å²) in [5.74, 6) is 0. The molecule has 1 aliphatic heterocycles. The average molecular weight is 275 g/mol. The zero-order valence-electron chi connectivity index (χ0n) is 12.0. The lowest BCUT2D eigenvalue weighted by Gasteiger charge is -2.20. The number of nitrogens with zero attached hydrogens (tertiary/aromatic N) is 1. The van der Waals surface area contributed by atoms with Crippen LogP contribution >= 0.6 is 0 Å². The molecular formula is C19H17NO. The summed E-state index contributed by atoms with van der Waals surface area (Å²) in [5.41, 5.74) is 4.32. The minimum absolute atomic E-state index is 0.0566. The highest BCUT2D eigenvalue weighted by atomic mass is 16.1. The number of pyridine rings is 1. The third-order valence-corrected chi connectivity index (χ3v) is 3.78. The molecule has 1 unspecified atom stereocenters. The van der Waals surface area contributed by atoms with Crippen LogP contribution in [0.25, 0.3) is 11.1 Å². The first-order chi connectivity index (χ1) is 10.2. The lowest BCUT2D eigenvalue weighted by atomic mass is 9.99. The van der Waals surface area contributed by atoms with E-state index in [1.54, 1.807) is 12.1 Å². The fraction of sp³-hybridized carbons (Fsp3) is 0.105. The van der Waals surface area contributed by atoms with Crippen LogP contribution < -0.4 is 5.43 Å². The summed E-state index contributed by atoms with van der Waals surface area (Å²) in [6.45, 7) is 5.93. The summed E-state index contributed by atoms with van der Waals surface area (Å²) in [6.07, 6.45) is 6.02. The maximum Gasteiger partial charge on any atom is 0.179 e. The van der Waals surface area contributed by atoms with Gasteiger partial charge in [0.25, 0.3) is 0 Å². The number of hydrogen-bond donors (Lipinski definition) is 0. The highest BCUT2D eigenvalue weighted by Gasteiger charge is 2.12. The van der Waals surface area contributed by atoms with Crippen molar-refractivity contribution in [3.8, 4) is 11.1 Å². The molecule has 0 aromatic heterocycles. The van der Waals surface area contributed by atoms with Gasteiger partial charge in [0.2, 0.25) is 0 Å². The third kappa shape index (κ3) is 2.52. The average Bonchev–Trinajstić information content (AvgIpc) is 2.49. The molecule has 21 heavy (non-hydrogen) atoms. The Morgan fingerprint density at radius 3 is 2.62 bits per heavy atom. The van der Waals surface area contributed by atoms with E-state index in [9.17, 15) is 4.79 Å². The van der Waals surface area contributed by atoms with Crippen LogP contribution in [0, 0.1) is 6.92 Å². The Kier molecular flexibility index (Phi) is 3.44. The highest BCUT2D eigenvalue weighted by Crippen LogP contribution is 2.27. The molecular weight excluding hydrogens is 258 g/mol. The summed E-state index contributed by atoms with van der Waals surface area (Å²) in [5, 5.41) is 0. The van der Waals surface area contributed by atoms with Gasteiger partial charge in [-0.25, -0.2) is 0 Å². The lowest BCUT2D eigenvalue weighted by molar-refractivity contribution is 0.696. The molecule has 0 bridgehead atoms. The topological polar surface area (TPSA) is 22.0 Å². The number of aryl methyl sites for hydroxylation is 1. The van der Waals surface area contributed by atoms with Gasteiger partial charge in [-0.05, 0) is 41.8 Å². The van der Waals surface area contributed by atoms with Crippen LogP contribution in [-0.4, -0.2) is 4.57 Å². The molecule has 1 atom stereocenters. The molecule has 3 rings (SSSR count). The fourth-order valence-corrected chi connectivity index (χ4v) is 2.72. The summed E-state index contributed by atoms with van der Waals surface area (Å²) in [7, 11) is 0. The fourth-order valence-electron chi connectivity index (χ4n) is 2.72. The molecule has 104 valence electrons. The Hall–Kier alpha value is -2.61. The van der Waals surface area contributed by atoms with Gasteiger partial charge >= 0.3 is 0 Å². The summed E-state index contributed by atoms with van der Waals surface area (Å²) < 4.78 is 2.13. The molecule has 0 saturated carbocycles. The molecule has 1 heterocycles. The molecule has 2 heteroatoms. The van der Waals surface area contributed by atoms with E-state index in [4.69, 9.17) is 0 Å². The highest BCUT2D eigenvalue weighted by molar-refractivity contribution is 5.67. The van der Waals surface area contributed by atoms with Crippen molar-refractivity contribution in [3.05, 3.63) is 94.9 Å². The first-order valence-corrected chi connectivity index (χ1v) is 6.99. The molecule has 0 spiro atoms. The van der Waals surface area contributed by atoms with Crippen molar-refractivity contribution in [1.82, 2.24) is 4.57 Å². The van der Waals surface area contributed by atoms with Crippen LogP contribution in [0.3, 0.4) is 0 Å². The van der Waals surface area contributed by atoms with Gasteiger partial charge in [0, 0.05) is 18.0 Å². The largest absolute Gasteiger partial charge is 0.343 e. The minimum Gasteiger partial charge on any atom is -0.343 e. The predicted octanol–water partition coefficient (Wildman–Crippen LogP) is 4.04. The van der Waals surface area contributed by atoms with E-state index in [-0.39, 0.29) is 11.5 Å². The lowest BCUT2D eigenvalue weighted by Crippen LogP contribution is -2.10. The summed E-state index contributed by atoms with van der Waals surface area (Å²) in [6, 6.07) is 15.7. The quantitative estimate of drug-likeness (QED) is 0.661. The maximum atomic E-state index is 11.6. The number of allylic oxidation sites excluding steroid dienone is 1. The Bertz CT molecular complexity index is 801. The van der Waals surface area contributed by atoms with Crippen LogP contribution in [0.1, 0.15) is 17.2 Å². The van der Waals surface area contributed by atoms with Crippen molar-refractivity contribution in [1.29, 1.82) is 0 Å². The minimum atomic E-state index is 0.0566. The number of rotatable bonds is 3. The van der Waals surface area contributed by atoms with Crippen molar-refractivity contribution in [2.24, 2.45) is 0 Å². The van der Waals surface area contributed by atoms with E-state index < -0.39 is 0 Å². The Labute approximate surface area is 124 Å². The van der Waals surface area contributed by atoms with Crippen LogP contribution in [0.15, 0.2) is 78.4 Å². The number of fused-ring (bicyclic) bond motifs is 1. The third-order valence-electron chi connectivity index (χ3n) is 3.78. The number of aromatic nitrogens is 1. The van der Waals surface area contributed by atoms with Crippen molar-refractivity contribution in [2.45, 2.75) is 13.0 Å². The van der Waals surface area contributed by atoms with Crippen LogP contribution in [0.2, 0.25) is 0 Å². The van der Waals surface area contributed by atoms with E-state index in [1.807, 2.05) is 43.5 Å². The van der Waals surface area contributed by atoms with Gasteiger partial charge in [-0.2, -0.15) is 0 Å². The molecule has 0 radical (unpaired) electrons. The normalized spacial score (nSPS) is 12.2. The van der Waals surface area contributed by atoms with Crippen LogP contribution in [0.4, 0.5) is 0 Å². The van der Waals surface area contributed by atoms with E-state index in [0.29, 0.717) is 0 Å². The molecule has 0 amide bonds. The summed E-state index contributed by atoms with van der Waals surface area (Å²) in [4.78, 5) is 11.6. The SMILES string of the molecule is C=CC(c1ccccc1)n1ccc2cc(=O)cc(C)c-2c1. The second kappa shape index (κ2) is 5.41. The van der Waals surface area contributed by atoms with Gasteiger partial charge in [0.15, 0.2) is 5.43 Å². The number of benzene rings is 2. The van der Waals surface area contributed by atoms with E-state index in [0.717, 1.165) is 16.7 Å². The Morgan fingerprint density at radius 2 is 1.90 bits per heavy atom. The molecule has 0 N–H and O–H groups in total. The van der Waals surface area contributed by atoms with Gasteiger partial charge < -0.3 is 4.57 Å². The first-order valence-electron chi connectivity index (χ1n) is 6.99. The van der Waals surface area contributed by atoms with Crippen molar-refractivity contribution in [3.63, 3.8) is 0 Å². The van der Waals surface area contributed by atoms with Crippen LogP contribution in [-0.2, 0) is 0 Å². The maximum absolute atomic E-state index is 11.6. The van der Waals surface area contributed by atoms with Gasteiger partial charge in [-0.15, -0.1) is 6.58 Å². The predicted molar refractivity (Wildman–Crippen MR) is 86.8 cm³/mol. The Morgan fingerprint density at radius 1 is 1.14 bits per heavy atom. The van der Waals surface area contributed by atoms with Crippen molar-refractivity contribution >= 4 is 0 Å². The van der Waals surface area contributed by atoms with E-state index in [1.165, 1.54) is 5.56 Å². The van der Waals surface area contributed by atoms with Gasteiger partial charge in [-0.3, -0.25) is 4.79 Å². The van der Waals surface area contributed by atoms with Crippen molar-refractivity contribution < 1.29 is 0 Å². The molecule has 1 aromatic rings. The second-order valence-electron chi connectivity index (χ2n) is 5.23. The molecule has 1 aliphatic carbocycles. The standard InChI is InChI=1S/C19H17NO/c1-3-19(15-7-5-4-6-8-15)20-10-9-16-12-17(21)11-14(2)18(16)13-20/h3-13,19H,1H2,2H3.